The molecule has 0 fully saturated rings. The summed E-state index contributed by atoms with van der Waals surface area (Å²) in [7, 11) is 0. The van der Waals surface area contributed by atoms with Crippen LogP contribution >= 0.6 is 23.4 Å². The number of para-hydroxylation sites is 2. The van der Waals surface area contributed by atoms with E-state index >= 15 is 0 Å². The minimum Gasteiger partial charge on any atom is -0.486 e. The maximum atomic E-state index is 13.0. The number of benzene rings is 2. The van der Waals surface area contributed by atoms with E-state index in [1.54, 1.807) is 6.07 Å². The van der Waals surface area contributed by atoms with Gasteiger partial charge in [0.15, 0.2) is 29.2 Å². The van der Waals surface area contributed by atoms with E-state index in [0.29, 0.717) is 40.5 Å². The molecular formula is C27H27ClN4O4S. The summed E-state index contributed by atoms with van der Waals surface area (Å²) in [5, 5.41) is 8.27. The zero-order valence-electron chi connectivity index (χ0n) is 20.8. The van der Waals surface area contributed by atoms with Gasteiger partial charge in [-0.15, -0.1) is 5.10 Å². The number of halogens is 1. The number of aromatic amines is 1. The maximum Gasteiger partial charge on any atom is 0.208 e. The molecule has 2 aromatic heterocycles. The van der Waals surface area contributed by atoms with E-state index in [9.17, 15) is 4.79 Å². The summed E-state index contributed by atoms with van der Waals surface area (Å²) >= 11 is 7.35. The first kappa shape index (κ1) is 25.2. The number of ketones is 1. The molecule has 1 aliphatic rings. The molecule has 1 N–H and O–H groups in total. The van der Waals surface area contributed by atoms with Gasteiger partial charge in [-0.3, -0.25) is 9.89 Å². The molecule has 10 heteroatoms. The normalized spacial score (nSPS) is 14.5. The number of nitrogens with one attached hydrogen (secondary N) is 1. The van der Waals surface area contributed by atoms with Gasteiger partial charge in [-0.25, -0.2) is 4.98 Å². The summed E-state index contributed by atoms with van der Waals surface area (Å²) < 4.78 is 19.8. The van der Waals surface area contributed by atoms with E-state index in [2.05, 4.69) is 19.7 Å². The molecule has 0 saturated carbocycles. The van der Waals surface area contributed by atoms with Gasteiger partial charge in [0, 0.05) is 22.0 Å². The predicted molar refractivity (Wildman–Crippen MR) is 142 cm³/mol. The fourth-order valence-corrected chi connectivity index (χ4v) is 5.01. The van der Waals surface area contributed by atoms with Crippen molar-refractivity contribution in [2.75, 3.05) is 12.4 Å². The van der Waals surface area contributed by atoms with E-state index in [1.807, 2.05) is 63.2 Å². The lowest BCUT2D eigenvalue weighted by Crippen LogP contribution is -2.33. The van der Waals surface area contributed by atoms with E-state index in [1.165, 1.54) is 11.8 Å². The second-order valence-electron chi connectivity index (χ2n) is 8.87. The molecule has 0 amide bonds. The minimum atomic E-state index is -0.136. The monoisotopic (exact) mass is 538 g/mol. The van der Waals surface area contributed by atoms with Gasteiger partial charge < -0.3 is 18.8 Å². The number of ether oxygens (including phenoxy) is 3. The third kappa shape index (κ3) is 5.78. The number of aromatic nitrogens is 4. The molecule has 0 spiro atoms. The van der Waals surface area contributed by atoms with Crippen molar-refractivity contribution in [2.45, 2.75) is 45.2 Å². The van der Waals surface area contributed by atoms with Crippen molar-refractivity contribution in [3.63, 3.8) is 0 Å². The smallest absolute Gasteiger partial charge is 0.208 e. The van der Waals surface area contributed by atoms with Gasteiger partial charge in [0.05, 0.1) is 12.3 Å². The lowest BCUT2D eigenvalue weighted by molar-refractivity contribution is 0.0777. The van der Waals surface area contributed by atoms with Gasteiger partial charge in [-0.1, -0.05) is 35.5 Å². The second kappa shape index (κ2) is 10.9. The van der Waals surface area contributed by atoms with Crippen molar-refractivity contribution in [3.8, 4) is 17.2 Å². The highest BCUT2D eigenvalue weighted by Crippen LogP contribution is 2.32. The molecule has 3 heterocycles. The highest BCUT2D eigenvalue weighted by molar-refractivity contribution is 7.99. The van der Waals surface area contributed by atoms with Crippen LogP contribution in [0.4, 0.5) is 0 Å². The molecule has 2 aromatic carbocycles. The Hall–Kier alpha value is -3.43. The van der Waals surface area contributed by atoms with E-state index in [0.717, 1.165) is 28.5 Å². The SMILES string of the molecule is Cc1cc(OCc2nc(SCC(=O)c3cc(C)n(CC4COc5ccccc5O4)c3C)n[nH]2)ccc1Cl. The van der Waals surface area contributed by atoms with Crippen molar-refractivity contribution in [1.29, 1.82) is 0 Å². The Balaban J connectivity index is 1.16. The molecule has 0 radical (unpaired) electrons. The van der Waals surface area contributed by atoms with Crippen molar-refractivity contribution >= 4 is 29.1 Å². The molecule has 192 valence electrons. The third-order valence-electron chi connectivity index (χ3n) is 6.18. The van der Waals surface area contributed by atoms with Gasteiger partial charge in [0.2, 0.25) is 5.16 Å². The van der Waals surface area contributed by atoms with E-state index < -0.39 is 0 Å². The number of carbonyl (C=O) groups excluding carboxylic acids is 1. The molecule has 4 aromatic rings. The first-order valence-electron chi connectivity index (χ1n) is 11.9. The predicted octanol–water partition coefficient (Wildman–Crippen LogP) is 5.58. The highest BCUT2D eigenvalue weighted by atomic mass is 35.5. The molecule has 0 saturated heterocycles. The summed E-state index contributed by atoms with van der Waals surface area (Å²) in [4.78, 5) is 17.5. The fraction of sp³-hybridized carbons (Fsp3) is 0.296. The van der Waals surface area contributed by atoms with Gasteiger partial charge in [-0.2, -0.15) is 0 Å². The number of rotatable bonds is 9. The van der Waals surface area contributed by atoms with Crippen molar-refractivity contribution < 1.29 is 19.0 Å². The molecule has 0 aliphatic carbocycles. The molecule has 37 heavy (non-hydrogen) atoms. The molecule has 1 atom stereocenters. The molecule has 8 nitrogen and oxygen atoms in total. The van der Waals surface area contributed by atoms with Crippen LogP contribution in [-0.4, -0.2) is 44.0 Å². The highest BCUT2D eigenvalue weighted by Gasteiger charge is 2.24. The standard InChI is InChI=1S/C27H27ClN4O4S/c1-16-10-19(8-9-22(16)28)34-14-26-29-27(31-30-26)37-15-23(33)21-11-17(2)32(18(21)3)12-20-13-35-24-6-4-5-7-25(24)36-20/h4-11,20H,12-15H2,1-3H3,(H,29,30,31). The Morgan fingerprint density at radius 1 is 1.19 bits per heavy atom. The number of aryl methyl sites for hydroxylation is 2. The Morgan fingerprint density at radius 3 is 2.81 bits per heavy atom. The lowest BCUT2D eigenvalue weighted by atomic mass is 10.2. The Bertz CT molecular complexity index is 1430. The number of carbonyl (C=O) groups is 1. The number of hydrogen-bond donors (Lipinski definition) is 1. The largest absolute Gasteiger partial charge is 0.486 e. The second-order valence-corrected chi connectivity index (χ2v) is 10.2. The first-order valence-corrected chi connectivity index (χ1v) is 13.2. The summed E-state index contributed by atoms with van der Waals surface area (Å²) in [6, 6.07) is 15.1. The fourth-order valence-electron chi connectivity index (χ4n) is 4.19. The van der Waals surface area contributed by atoms with E-state index in [-0.39, 0.29) is 24.2 Å². The number of nitrogens with zero attached hydrogens (tertiary/aromatic N) is 3. The van der Waals surface area contributed by atoms with Crippen LogP contribution in [0, 0.1) is 20.8 Å². The third-order valence-corrected chi connectivity index (χ3v) is 7.45. The average Bonchev–Trinajstić information content (AvgIpc) is 3.47. The summed E-state index contributed by atoms with van der Waals surface area (Å²) in [6.07, 6.45) is -0.136. The Labute approximate surface area is 224 Å². The van der Waals surface area contributed by atoms with Gasteiger partial charge in [-0.05, 0) is 62.7 Å². The topological polar surface area (TPSA) is 91.3 Å². The molecular weight excluding hydrogens is 512 g/mol. The number of H-pyrrole nitrogens is 1. The van der Waals surface area contributed by atoms with Crippen molar-refractivity contribution in [3.05, 3.63) is 81.9 Å². The van der Waals surface area contributed by atoms with Crippen molar-refractivity contribution in [1.82, 2.24) is 19.7 Å². The molecule has 5 rings (SSSR count). The lowest BCUT2D eigenvalue weighted by Gasteiger charge is -2.27. The number of hydrogen-bond acceptors (Lipinski definition) is 7. The molecule has 1 aliphatic heterocycles. The number of thioether (sulfide) groups is 1. The van der Waals surface area contributed by atoms with Gasteiger partial charge >= 0.3 is 0 Å². The molecule has 0 bridgehead atoms. The number of Topliss-reactive ketones (excluding diaryl/α,β-unsaturated/α-hetero) is 1. The van der Waals surface area contributed by atoms with Crippen LogP contribution in [0.3, 0.4) is 0 Å². The van der Waals surface area contributed by atoms with Crippen LogP contribution in [-0.2, 0) is 13.2 Å². The van der Waals surface area contributed by atoms with Crippen molar-refractivity contribution in [2.24, 2.45) is 0 Å². The Morgan fingerprint density at radius 2 is 2.00 bits per heavy atom. The van der Waals surface area contributed by atoms with Crippen LogP contribution in [0.1, 0.15) is 33.1 Å². The first-order chi connectivity index (χ1) is 17.9. The van der Waals surface area contributed by atoms with Gasteiger partial charge in [0.25, 0.3) is 0 Å². The average molecular weight is 539 g/mol. The van der Waals surface area contributed by atoms with Crippen LogP contribution in [0.25, 0.3) is 0 Å². The summed E-state index contributed by atoms with van der Waals surface area (Å²) in [6.45, 7) is 7.18. The van der Waals surface area contributed by atoms with Crippen LogP contribution in [0.2, 0.25) is 5.02 Å². The van der Waals surface area contributed by atoms with Crippen LogP contribution < -0.4 is 14.2 Å². The molecule has 1 unspecified atom stereocenters. The van der Waals surface area contributed by atoms with Crippen LogP contribution in [0.15, 0.2) is 53.7 Å². The quantitative estimate of drug-likeness (QED) is 0.220. The zero-order valence-corrected chi connectivity index (χ0v) is 22.4. The number of fused-ring (bicyclic) bond motifs is 1. The van der Waals surface area contributed by atoms with Crippen LogP contribution in [0.5, 0.6) is 17.2 Å². The minimum absolute atomic E-state index is 0.0229. The zero-order chi connectivity index (χ0) is 25.9. The summed E-state index contributed by atoms with van der Waals surface area (Å²) in [5.74, 6) is 3.04. The summed E-state index contributed by atoms with van der Waals surface area (Å²) in [5.41, 5.74) is 3.55. The van der Waals surface area contributed by atoms with E-state index in [4.69, 9.17) is 25.8 Å². The maximum absolute atomic E-state index is 13.0. The Kier molecular flexibility index (Phi) is 7.43. The van der Waals surface area contributed by atoms with Gasteiger partial charge in [0.1, 0.15) is 19.0 Å².